The maximum atomic E-state index is 11.5. The van der Waals surface area contributed by atoms with E-state index < -0.39 is 0 Å². The first kappa shape index (κ1) is 10.4. The molecule has 1 aliphatic heterocycles. The fourth-order valence-electron chi connectivity index (χ4n) is 1.16. The molecule has 1 aliphatic rings. The lowest BCUT2D eigenvalue weighted by Crippen LogP contribution is -2.21. The molecule has 0 fully saturated rings. The van der Waals surface area contributed by atoms with Crippen LogP contribution in [-0.4, -0.2) is 16.8 Å². The number of carbonyl (C=O) groups is 1. The molecule has 1 aromatic rings. The summed E-state index contributed by atoms with van der Waals surface area (Å²) >= 11 is 3.13. The summed E-state index contributed by atoms with van der Waals surface area (Å²) in [6, 6.07) is 3.92. The molecule has 2 heterocycles. The van der Waals surface area contributed by atoms with Gasteiger partial charge < -0.3 is 0 Å². The van der Waals surface area contributed by atoms with Gasteiger partial charge in [-0.15, -0.1) is 11.3 Å². The minimum absolute atomic E-state index is 0.112. The average molecular weight is 238 g/mol. The quantitative estimate of drug-likeness (QED) is 0.803. The van der Waals surface area contributed by atoms with Crippen molar-refractivity contribution in [1.29, 1.82) is 0 Å². The third kappa shape index (κ3) is 2.49. The third-order valence-corrected chi connectivity index (χ3v) is 3.35. The number of nitrogens with one attached hydrogen (secondary N) is 1. The fraction of sp³-hybridized carbons (Fsp3) is 0.200. The Kier molecular flexibility index (Phi) is 3.23. The molecule has 0 saturated carbocycles. The number of rotatable bonds is 2. The second-order valence-electron chi connectivity index (χ2n) is 2.85. The number of amides is 1. The number of amidine groups is 1. The van der Waals surface area contributed by atoms with Crippen LogP contribution in [0.25, 0.3) is 6.08 Å². The Morgan fingerprint density at radius 2 is 2.53 bits per heavy atom. The molecule has 1 N–H and O–H groups in total. The Hall–Kier alpha value is -1.07. The number of hydrogen-bond donors (Lipinski definition) is 1. The van der Waals surface area contributed by atoms with E-state index in [1.165, 1.54) is 11.8 Å². The van der Waals surface area contributed by atoms with E-state index in [0.29, 0.717) is 10.9 Å². The number of nitrogens with zero attached hydrogens (tertiary/aromatic N) is 1. The Morgan fingerprint density at radius 3 is 3.20 bits per heavy atom. The van der Waals surface area contributed by atoms with E-state index in [9.17, 15) is 4.79 Å². The first-order valence-corrected chi connectivity index (χ1v) is 6.44. The van der Waals surface area contributed by atoms with Crippen LogP contribution in [0.15, 0.2) is 28.2 Å². The Balaban J connectivity index is 2.19. The van der Waals surface area contributed by atoms with Crippen molar-refractivity contribution in [3.8, 4) is 0 Å². The van der Waals surface area contributed by atoms with Gasteiger partial charge in [-0.05, 0) is 23.3 Å². The topological polar surface area (TPSA) is 41.5 Å². The highest BCUT2D eigenvalue weighted by atomic mass is 32.2. The van der Waals surface area contributed by atoms with E-state index in [-0.39, 0.29) is 5.91 Å². The number of aliphatic imine (C=N–C) groups is 1. The van der Waals surface area contributed by atoms with Gasteiger partial charge in [-0.1, -0.05) is 24.8 Å². The molecule has 15 heavy (non-hydrogen) atoms. The minimum Gasteiger partial charge on any atom is -0.300 e. The molecule has 0 aromatic carbocycles. The molecule has 0 unspecified atom stereocenters. The van der Waals surface area contributed by atoms with Crippen molar-refractivity contribution < 1.29 is 4.79 Å². The van der Waals surface area contributed by atoms with E-state index >= 15 is 0 Å². The molecule has 0 aliphatic carbocycles. The molecule has 5 heteroatoms. The molecule has 1 amide bonds. The van der Waals surface area contributed by atoms with Crippen LogP contribution in [-0.2, 0) is 4.79 Å². The van der Waals surface area contributed by atoms with Crippen molar-refractivity contribution in [2.24, 2.45) is 4.99 Å². The van der Waals surface area contributed by atoms with Crippen molar-refractivity contribution in [3.63, 3.8) is 0 Å². The second kappa shape index (κ2) is 4.63. The number of hydrogen-bond acceptors (Lipinski definition) is 4. The van der Waals surface area contributed by atoms with Crippen LogP contribution >= 0.6 is 23.1 Å². The first-order chi connectivity index (χ1) is 7.29. The average Bonchev–Trinajstić information content (AvgIpc) is 2.79. The van der Waals surface area contributed by atoms with Crippen LogP contribution < -0.4 is 5.32 Å². The van der Waals surface area contributed by atoms with E-state index in [1.807, 2.05) is 30.5 Å². The molecule has 3 nitrogen and oxygen atoms in total. The van der Waals surface area contributed by atoms with Crippen LogP contribution in [0.3, 0.4) is 0 Å². The number of thioether (sulfide) groups is 1. The summed E-state index contributed by atoms with van der Waals surface area (Å²) < 4.78 is 0. The molecule has 1 aromatic heterocycles. The van der Waals surface area contributed by atoms with Crippen molar-refractivity contribution >= 4 is 40.2 Å². The highest BCUT2D eigenvalue weighted by Crippen LogP contribution is 2.18. The molecule has 78 valence electrons. The summed E-state index contributed by atoms with van der Waals surface area (Å²) in [5.74, 6) is 0.796. The normalized spacial score (nSPS) is 18.1. The SMILES string of the molecule is CCSC1=N/C(=C\c2cccs2)C(=O)N1. The maximum absolute atomic E-state index is 11.5. The summed E-state index contributed by atoms with van der Waals surface area (Å²) in [4.78, 5) is 16.8. The van der Waals surface area contributed by atoms with Gasteiger partial charge in [-0.25, -0.2) is 4.99 Å². The van der Waals surface area contributed by atoms with E-state index in [1.54, 1.807) is 11.3 Å². The van der Waals surface area contributed by atoms with Gasteiger partial charge in [0.25, 0.3) is 5.91 Å². The largest absolute Gasteiger partial charge is 0.300 e. The highest BCUT2D eigenvalue weighted by molar-refractivity contribution is 8.13. The van der Waals surface area contributed by atoms with Gasteiger partial charge in [0.05, 0.1) is 0 Å². The third-order valence-electron chi connectivity index (χ3n) is 1.78. The lowest BCUT2D eigenvalue weighted by molar-refractivity contribution is -0.115. The highest BCUT2D eigenvalue weighted by Gasteiger charge is 2.19. The molecular weight excluding hydrogens is 228 g/mol. The van der Waals surface area contributed by atoms with Crippen LogP contribution in [0.2, 0.25) is 0 Å². The minimum atomic E-state index is -0.112. The standard InChI is InChI=1S/C10H10N2OS2/c1-2-14-10-11-8(9(13)12-10)6-7-4-3-5-15-7/h3-6H,2H2,1H3,(H,11,12,13)/b8-6-. The maximum Gasteiger partial charge on any atom is 0.275 e. The van der Waals surface area contributed by atoms with Crippen molar-refractivity contribution in [2.75, 3.05) is 5.75 Å². The zero-order chi connectivity index (χ0) is 10.7. The smallest absolute Gasteiger partial charge is 0.275 e. The van der Waals surface area contributed by atoms with Crippen LogP contribution in [0.4, 0.5) is 0 Å². The fourth-order valence-corrected chi connectivity index (χ4v) is 2.41. The van der Waals surface area contributed by atoms with Crippen molar-refractivity contribution in [3.05, 3.63) is 28.1 Å². The van der Waals surface area contributed by atoms with Gasteiger partial charge in [-0.2, -0.15) is 0 Å². The molecule has 0 atom stereocenters. The monoisotopic (exact) mass is 238 g/mol. The van der Waals surface area contributed by atoms with E-state index in [0.717, 1.165) is 10.6 Å². The zero-order valence-corrected chi connectivity index (χ0v) is 9.82. The lowest BCUT2D eigenvalue weighted by Gasteiger charge is -1.93. The number of thiophene rings is 1. The van der Waals surface area contributed by atoms with Gasteiger partial charge in [-0.3, -0.25) is 10.1 Å². The Labute approximate surface area is 96.3 Å². The summed E-state index contributed by atoms with van der Waals surface area (Å²) in [5.41, 5.74) is 0.494. The summed E-state index contributed by atoms with van der Waals surface area (Å²) in [5, 5.41) is 5.40. The summed E-state index contributed by atoms with van der Waals surface area (Å²) in [7, 11) is 0. The molecule has 2 rings (SSSR count). The number of carbonyl (C=O) groups excluding carboxylic acids is 1. The Morgan fingerprint density at radius 1 is 1.67 bits per heavy atom. The van der Waals surface area contributed by atoms with Gasteiger partial charge in [0.15, 0.2) is 5.17 Å². The molecule has 0 radical (unpaired) electrons. The summed E-state index contributed by atoms with van der Waals surface area (Å²) in [6.07, 6.45) is 1.81. The van der Waals surface area contributed by atoms with Crippen molar-refractivity contribution in [2.45, 2.75) is 6.92 Å². The van der Waals surface area contributed by atoms with Gasteiger partial charge in [0.2, 0.25) is 0 Å². The molecular formula is C10H10N2OS2. The first-order valence-electron chi connectivity index (χ1n) is 4.57. The van der Waals surface area contributed by atoms with Crippen LogP contribution in [0.1, 0.15) is 11.8 Å². The second-order valence-corrected chi connectivity index (χ2v) is 5.08. The predicted molar refractivity (Wildman–Crippen MR) is 66.0 cm³/mol. The zero-order valence-electron chi connectivity index (χ0n) is 8.19. The van der Waals surface area contributed by atoms with Gasteiger partial charge >= 0.3 is 0 Å². The van der Waals surface area contributed by atoms with Gasteiger partial charge in [0.1, 0.15) is 5.70 Å². The lowest BCUT2D eigenvalue weighted by atomic mass is 10.3. The molecule has 0 bridgehead atoms. The molecule has 0 saturated heterocycles. The van der Waals surface area contributed by atoms with Crippen LogP contribution in [0, 0.1) is 0 Å². The van der Waals surface area contributed by atoms with Crippen molar-refractivity contribution in [1.82, 2.24) is 5.32 Å². The van der Waals surface area contributed by atoms with E-state index in [4.69, 9.17) is 0 Å². The predicted octanol–water partition coefficient (Wildman–Crippen LogP) is 2.33. The Bertz CT molecular complexity index is 421. The summed E-state index contributed by atoms with van der Waals surface area (Å²) in [6.45, 7) is 2.03. The van der Waals surface area contributed by atoms with Gasteiger partial charge in [0, 0.05) is 4.88 Å². The molecule has 0 spiro atoms. The van der Waals surface area contributed by atoms with Crippen LogP contribution in [0.5, 0.6) is 0 Å². The van der Waals surface area contributed by atoms with E-state index in [2.05, 4.69) is 10.3 Å².